The van der Waals surface area contributed by atoms with Crippen molar-refractivity contribution in [3.8, 4) is 5.75 Å². The minimum atomic E-state index is -3.48. The highest BCUT2D eigenvalue weighted by molar-refractivity contribution is 7.51. The van der Waals surface area contributed by atoms with E-state index in [1.165, 1.54) is 23.5 Å². The Bertz CT molecular complexity index is 1380. The molecule has 1 N–H and O–H groups in total. The Kier molecular flexibility index (Phi) is 9.05. The molecule has 0 saturated carbocycles. The fraction of sp³-hybridized carbons (Fsp3) is 0.214. The second-order valence-electron chi connectivity index (χ2n) is 8.54. The number of benzene rings is 3. The van der Waals surface area contributed by atoms with Crippen LogP contribution in [0.15, 0.2) is 84.9 Å². The van der Waals surface area contributed by atoms with Gasteiger partial charge in [0.1, 0.15) is 23.8 Å². The van der Waals surface area contributed by atoms with Gasteiger partial charge in [0.05, 0.1) is 6.10 Å². The summed E-state index contributed by atoms with van der Waals surface area (Å²) in [5.41, 5.74) is -2.94. The van der Waals surface area contributed by atoms with Gasteiger partial charge in [-0.15, -0.1) is 11.3 Å². The molecule has 0 aliphatic carbocycles. The van der Waals surface area contributed by atoms with Crippen molar-refractivity contribution in [2.24, 2.45) is 0 Å². The van der Waals surface area contributed by atoms with Gasteiger partial charge in [-0.3, -0.25) is 4.79 Å². The number of nitrogens with one attached hydrogen (secondary N) is 1. The number of halogens is 2. The zero-order chi connectivity index (χ0) is 27.1. The molecule has 198 valence electrons. The molecule has 1 unspecified atom stereocenters. The van der Waals surface area contributed by atoms with Crippen LogP contribution in [0.5, 0.6) is 5.75 Å². The number of esters is 2. The van der Waals surface area contributed by atoms with E-state index in [0.29, 0.717) is 15.0 Å². The number of carbonyl (C=O) groups is 2. The van der Waals surface area contributed by atoms with Crippen LogP contribution in [0.1, 0.15) is 34.6 Å². The fourth-order valence-electron chi connectivity index (χ4n) is 3.46. The van der Waals surface area contributed by atoms with Gasteiger partial charge in [0.25, 0.3) is 0 Å². The van der Waals surface area contributed by atoms with Crippen LogP contribution in [0.2, 0.25) is 0 Å². The van der Waals surface area contributed by atoms with Gasteiger partial charge >= 0.3 is 17.6 Å². The second kappa shape index (κ2) is 12.4. The summed E-state index contributed by atoms with van der Waals surface area (Å²) in [6.45, 7) is 3.03. The monoisotopic (exact) mass is 557 g/mol. The molecule has 0 aliphatic rings. The van der Waals surface area contributed by atoms with Gasteiger partial charge in [0.2, 0.25) is 8.30 Å². The quantitative estimate of drug-likeness (QED) is 0.155. The van der Waals surface area contributed by atoms with Crippen molar-refractivity contribution < 1.29 is 32.4 Å². The van der Waals surface area contributed by atoms with Crippen LogP contribution < -0.4 is 9.61 Å². The van der Waals surface area contributed by atoms with E-state index in [-0.39, 0.29) is 24.0 Å². The Morgan fingerprint density at radius 1 is 0.974 bits per heavy atom. The van der Waals surface area contributed by atoms with Crippen LogP contribution in [0, 0.1) is 0 Å². The number of para-hydroxylation sites is 1. The molecule has 0 fully saturated rings. The molecule has 4 aromatic rings. The van der Waals surface area contributed by atoms with Crippen LogP contribution in [0.3, 0.4) is 0 Å². The van der Waals surface area contributed by atoms with Crippen LogP contribution in [0.4, 0.5) is 8.78 Å². The summed E-state index contributed by atoms with van der Waals surface area (Å²) < 4.78 is 48.4. The third-order valence-electron chi connectivity index (χ3n) is 5.21. The van der Waals surface area contributed by atoms with Crippen molar-refractivity contribution >= 4 is 41.7 Å². The summed E-state index contributed by atoms with van der Waals surface area (Å²) >= 11 is 1.17. The van der Waals surface area contributed by atoms with Gasteiger partial charge < -0.3 is 14.0 Å². The number of ether oxygens (including phenoxy) is 2. The average molecular weight is 558 g/mol. The molecule has 4 rings (SSSR count). The lowest BCUT2D eigenvalue weighted by Gasteiger charge is -2.27. The van der Waals surface area contributed by atoms with Crippen molar-refractivity contribution in [1.82, 2.24) is 5.09 Å². The van der Waals surface area contributed by atoms with Gasteiger partial charge in [-0.2, -0.15) is 8.78 Å². The summed E-state index contributed by atoms with van der Waals surface area (Å²) in [5, 5.41) is 3.04. The molecular formula is C28H26F2NO5PS. The highest BCUT2D eigenvalue weighted by atomic mass is 32.1. The number of fused-ring (bicyclic) bond motifs is 1. The first-order valence-corrected chi connectivity index (χ1v) is 13.9. The van der Waals surface area contributed by atoms with Crippen molar-refractivity contribution in [2.45, 2.75) is 32.2 Å². The first kappa shape index (κ1) is 27.6. The second-order valence-corrected chi connectivity index (χ2v) is 11.3. The van der Waals surface area contributed by atoms with E-state index in [1.807, 2.05) is 30.3 Å². The van der Waals surface area contributed by atoms with Crippen molar-refractivity contribution in [1.29, 1.82) is 0 Å². The number of hydrogen-bond acceptors (Lipinski definition) is 7. The SMILES string of the molecule is CC(C)OC(=O)CNP(Oc1ccccc1)C(F)(F)c1ccc2sc(C(=O)OCc3ccccc3)cc2c1. The van der Waals surface area contributed by atoms with E-state index >= 15 is 8.78 Å². The topological polar surface area (TPSA) is 73.9 Å². The van der Waals surface area contributed by atoms with Crippen LogP contribution in [-0.4, -0.2) is 24.6 Å². The van der Waals surface area contributed by atoms with E-state index in [9.17, 15) is 9.59 Å². The molecule has 0 amide bonds. The number of thiophene rings is 1. The first-order chi connectivity index (χ1) is 18.2. The average Bonchev–Trinajstić information content (AvgIpc) is 3.34. The fourth-order valence-corrected chi connectivity index (χ4v) is 5.75. The molecule has 0 bridgehead atoms. The van der Waals surface area contributed by atoms with Gasteiger partial charge in [-0.05, 0) is 55.1 Å². The lowest BCUT2D eigenvalue weighted by molar-refractivity contribution is -0.145. The zero-order valence-electron chi connectivity index (χ0n) is 20.7. The van der Waals surface area contributed by atoms with Crippen LogP contribution >= 0.6 is 19.6 Å². The molecule has 0 radical (unpaired) electrons. The molecule has 1 heterocycles. The van der Waals surface area contributed by atoms with E-state index < -0.39 is 32.4 Å². The minimum Gasteiger partial charge on any atom is -0.462 e. The Hall–Kier alpha value is -3.39. The van der Waals surface area contributed by atoms with Gasteiger partial charge in [-0.25, -0.2) is 9.88 Å². The molecule has 0 aliphatic heterocycles. The Labute approximate surface area is 224 Å². The van der Waals surface area contributed by atoms with Crippen molar-refractivity contribution in [3.63, 3.8) is 0 Å². The van der Waals surface area contributed by atoms with E-state index in [4.69, 9.17) is 14.0 Å². The molecule has 3 aromatic carbocycles. The maximum absolute atomic E-state index is 15.8. The lowest BCUT2D eigenvalue weighted by atomic mass is 10.1. The van der Waals surface area contributed by atoms with Crippen LogP contribution in [0.25, 0.3) is 10.1 Å². The third kappa shape index (κ3) is 7.13. The predicted molar refractivity (Wildman–Crippen MR) is 145 cm³/mol. The highest BCUT2D eigenvalue weighted by Crippen LogP contribution is 2.56. The Morgan fingerprint density at radius 3 is 2.34 bits per heavy atom. The molecule has 1 atom stereocenters. The molecule has 38 heavy (non-hydrogen) atoms. The summed E-state index contributed by atoms with van der Waals surface area (Å²) in [5.74, 6) is -0.946. The largest absolute Gasteiger partial charge is 0.462 e. The molecule has 6 nitrogen and oxygen atoms in total. The molecule has 10 heteroatoms. The van der Waals surface area contributed by atoms with Crippen molar-refractivity contribution in [3.05, 3.63) is 101 Å². The standard InChI is InChI=1S/C28H26F2NO5PS/c1-19(2)35-26(32)17-31-37(36-23-11-7-4-8-12-23)28(29,30)22-13-14-24-21(15-22)16-25(38-24)27(33)34-18-20-9-5-3-6-10-20/h3-16,19,31H,17-18H2,1-2H3. The number of alkyl halides is 2. The number of carbonyl (C=O) groups excluding carboxylic acids is 2. The molecule has 1 aromatic heterocycles. The minimum absolute atomic E-state index is 0.114. The van der Waals surface area contributed by atoms with E-state index in [0.717, 1.165) is 5.56 Å². The smallest absolute Gasteiger partial charge is 0.348 e. The highest BCUT2D eigenvalue weighted by Gasteiger charge is 2.45. The normalized spacial score (nSPS) is 12.3. The predicted octanol–water partition coefficient (Wildman–Crippen LogP) is 7.24. The molecule has 0 saturated heterocycles. The van der Waals surface area contributed by atoms with E-state index in [1.54, 1.807) is 56.3 Å². The summed E-state index contributed by atoms with van der Waals surface area (Å²) in [6, 6.07) is 23.2. The molecular weight excluding hydrogens is 531 g/mol. The summed E-state index contributed by atoms with van der Waals surface area (Å²) in [7, 11) is -2.68. The maximum atomic E-state index is 15.8. The molecule has 0 spiro atoms. The van der Waals surface area contributed by atoms with Crippen molar-refractivity contribution in [2.75, 3.05) is 6.54 Å². The van der Waals surface area contributed by atoms with Gasteiger partial charge in [-0.1, -0.05) is 54.6 Å². The Balaban J connectivity index is 1.54. The Morgan fingerprint density at radius 2 is 1.66 bits per heavy atom. The van der Waals surface area contributed by atoms with Gasteiger partial charge in [0.15, 0.2) is 0 Å². The number of hydrogen-bond donors (Lipinski definition) is 1. The lowest BCUT2D eigenvalue weighted by Crippen LogP contribution is -2.30. The third-order valence-corrected chi connectivity index (χ3v) is 7.91. The van der Waals surface area contributed by atoms with Crippen LogP contribution in [-0.2, 0) is 26.5 Å². The van der Waals surface area contributed by atoms with E-state index in [2.05, 4.69) is 5.09 Å². The van der Waals surface area contributed by atoms with Gasteiger partial charge in [0, 0.05) is 10.3 Å². The zero-order valence-corrected chi connectivity index (χ0v) is 22.4. The summed E-state index contributed by atoms with van der Waals surface area (Å²) in [4.78, 5) is 24.9. The maximum Gasteiger partial charge on any atom is 0.348 e. The first-order valence-electron chi connectivity index (χ1n) is 11.8. The summed E-state index contributed by atoms with van der Waals surface area (Å²) in [6.07, 6.45) is -0.374. The number of rotatable bonds is 11.